The second-order valence-corrected chi connectivity index (χ2v) is 6.12. The van der Waals surface area contributed by atoms with Crippen molar-refractivity contribution in [2.45, 2.75) is 13.0 Å². The largest absolute Gasteiger partial charge is 0.504 e. The van der Waals surface area contributed by atoms with Crippen molar-refractivity contribution in [2.24, 2.45) is 0 Å². The molecule has 0 saturated heterocycles. The van der Waals surface area contributed by atoms with Gasteiger partial charge in [-0.05, 0) is 36.8 Å². The smallest absolute Gasteiger partial charge is 0.161 e. The molecule has 4 rings (SSSR count). The van der Waals surface area contributed by atoms with E-state index in [1.54, 1.807) is 12.3 Å². The van der Waals surface area contributed by atoms with Crippen LogP contribution in [0.25, 0.3) is 10.9 Å². The second kappa shape index (κ2) is 7.37. The molecule has 0 amide bonds. The number of hydrogen-bond acceptors (Lipinski definition) is 5. The minimum Gasteiger partial charge on any atom is -0.504 e. The van der Waals surface area contributed by atoms with Gasteiger partial charge in [0.15, 0.2) is 11.5 Å². The van der Waals surface area contributed by atoms with Gasteiger partial charge in [-0.1, -0.05) is 24.3 Å². The first-order valence-corrected chi connectivity index (χ1v) is 8.80. The third-order valence-corrected chi connectivity index (χ3v) is 4.42. The maximum absolute atomic E-state index is 10.1. The van der Waals surface area contributed by atoms with Gasteiger partial charge < -0.3 is 20.1 Å². The van der Waals surface area contributed by atoms with Gasteiger partial charge in [-0.25, -0.2) is 9.97 Å². The lowest BCUT2D eigenvalue weighted by molar-refractivity contribution is 0.317. The molecule has 1 atom stereocenters. The van der Waals surface area contributed by atoms with Crippen LogP contribution in [0.5, 0.6) is 11.5 Å². The van der Waals surface area contributed by atoms with Gasteiger partial charge in [-0.15, -0.1) is 0 Å². The molecule has 136 valence electrons. The summed E-state index contributed by atoms with van der Waals surface area (Å²) in [4.78, 5) is 11.6. The summed E-state index contributed by atoms with van der Waals surface area (Å²) in [7, 11) is 0. The molecule has 0 spiro atoms. The molecule has 0 radical (unpaired) electrons. The Morgan fingerprint density at radius 1 is 1.19 bits per heavy atom. The fourth-order valence-electron chi connectivity index (χ4n) is 3.18. The molecule has 2 aromatic carbocycles. The van der Waals surface area contributed by atoms with E-state index >= 15 is 0 Å². The SMILES string of the molecule is CCOc1cc(C(Nc2ccncn2)c2c[nH]c3ccccc23)ccc1O. The van der Waals surface area contributed by atoms with E-state index in [0.29, 0.717) is 18.2 Å². The number of aromatic nitrogens is 3. The van der Waals surface area contributed by atoms with Gasteiger partial charge in [-0.3, -0.25) is 0 Å². The zero-order chi connectivity index (χ0) is 18.6. The van der Waals surface area contributed by atoms with Crippen LogP contribution in [0.4, 0.5) is 5.82 Å². The molecule has 3 N–H and O–H groups in total. The van der Waals surface area contributed by atoms with Crippen LogP contribution in [0.3, 0.4) is 0 Å². The molecule has 6 heteroatoms. The summed E-state index contributed by atoms with van der Waals surface area (Å²) in [6.07, 6.45) is 5.21. The Morgan fingerprint density at radius 3 is 2.89 bits per heavy atom. The Hall–Kier alpha value is -3.54. The van der Waals surface area contributed by atoms with Crippen LogP contribution in [-0.2, 0) is 0 Å². The van der Waals surface area contributed by atoms with Crippen molar-refractivity contribution in [3.63, 3.8) is 0 Å². The van der Waals surface area contributed by atoms with Crippen molar-refractivity contribution >= 4 is 16.7 Å². The highest BCUT2D eigenvalue weighted by atomic mass is 16.5. The van der Waals surface area contributed by atoms with Gasteiger partial charge in [0.25, 0.3) is 0 Å². The first kappa shape index (κ1) is 16.9. The number of aromatic amines is 1. The summed E-state index contributed by atoms with van der Waals surface area (Å²) < 4.78 is 5.57. The normalized spacial score (nSPS) is 12.0. The zero-order valence-corrected chi connectivity index (χ0v) is 14.9. The van der Waals surface area contributed by atoms with Crippen LogP contribution < -0.4 is 10.1 Å². The number of H-pyrrole nitrogens is 1. The van der Waals surface area contributed by atoms with E-state index in [2.05, 4.69) is 26.3 Å². The molecule has 0 bridgehead atoms. The molecule has 4 aromatic rings. The van der Waals surface area contributed by atoms with E-state index < -0.39 is 0 Å². The number of phenols is 1. The predicted octanol–water partition coefficient (Wildman–Crippen LogP) is 4.26. The molecule has 0 aliphatic carbocycles. The highest BCUT2D eigenvalue weighted by Gasteiger charge is 2.20. The molecule has 0 fully saturated rings. The molecule has 2 aromatic heterocycles. The van der Waals surface area contributed by atoms with Crippen molar-refractivity contribution < 1.29 is 9.84 Å². The number of ether oxygens (including phenoxy) is 1. The summed E-state index contributed by atoms with van der Waals surface area (Å²) in [5.74, 6) is 1.30. The third-order valence-electron chi connectivity index (χ3n) is 4.42. The highest BCUT2D eigenvalue weighted by molar-refractivity contribution is 5.84. The Balaban J connectivity index is 1.82. The van der Waals surface area contributed by atoms with E-state index in [0.717, 1.165) is 22.0 Å². The number of aromatic hydroxyl groups is 1. The lowest BCUT2D eigenvalue weighted by atomic mass is 9.97. The number of nitrogens with one attached hydrogen (secondary N) is 2. The van der Waals surface area contributed by atoms with Gasteiger partial charge in [0, 0.05) is 28.9 Å². The maximum Gasteiger partial charge on any atom is 0.161 e. The quantitative estimate of drug-likeness (QED) is 0.478. The molecular weight excluding hydrogens is 340 g/mol. The number of fused-ring (bicyclic) bond motifs is 1. The van der Waals surface area contributed by atoms with E-state index in [1.807, 2.05) is 49.5 Å². The van der Waals surface area contributed by atoms with Gasteiger partial charge >= 0.3 is 0 Å². The van der Waals surface area contributed by atoms with Crippen LogP contribution >= 0.6 is 0 Å². The number of nitrogens with zero attached hydrogens (tertiary/aromatic N) is 2. The van der Waals surface area contributed by atoms with Crippen LogP contribution in [-0.4, -0.2) is 26.7 Å². The monoisotopic (exact) mass is 360 g/mol. The number of anilines is 1. The van der Waals surface area contributed by atoms with E-state index in [9.17, 15) is 5.11 Å². The summed E-state index contributed by atoms with van der Waals surface area (Å²) in [6.45, 7) is 2.37. The minimum atomic E-state index is -0.184. The van der Waals surface area contributed by atoms with E-state index in [1.165, 1.54) is 6.33 Å². The van der Waals surface area contributed by atoms with Crippen LogP contribution in [0, 0.1) is 0 Å². The number of hydrogen-bond donors (Lipinski definition) is 3. The van der Waals surface area contributed by atoms with Crippen LogP contribution in [0.15, 0.2) is 67.3 Å². The lowest BCUT2D eigenvalue weighted by Crippen LogP contribution is -2.13. The fraction of sp³-hybridized carbons (Fsp3) is 0.143. The summed E-state index contributed by atoms with van der Waals surface area (Å²) in [6, 6.07) is 15.2. The minimum absolute atomic E-state index is 0.125. The zero-order valence-electron chi connectivity index (χ0n) is 14.9. The topological polar surface area (TPSA) is 83.1 Å². The Labute approximate surface area is 156 Å². The van der Waals surface area contributed by atoms with Crippen LogP contribution in [0.1, 0.15) is 24.1 Å². The highest BCUT2D eigenvalue weighted by Crippen LogP contribution is 2.35. The molecule has 0 aliphatic rings. The fourth-order valence-corrected chi connectivity index (χ4v) is 3.18. The van der Waals surface area contributed by atoms with E-state index in [-0.39, 0.29) is 11.8 Å². The maximum atomic E-state index is 10.1. The lowest BCUT2D eigenvalue weighted by Gasteiger charge is -2.21. The summed E-state index contributed by atoms with van der Waals surface area (Å²) >= 11 is 0. The first-order chi connectivity index (χ1) is 13.3. The van der Waals surface area contributed by atoms with Crippen LogP contribution in [0.2, 0.25) is 0 Å². The Bertz CT molecular complexity index is 1050. The standard InChI is InChI=1S/C21H20N4O2/c1-2-27-19-11-14(7-8-18(19)26)21(25-20-9-10-22-13-24-20)16-12-23-17-6-4-3-5-15(16)17/h3-13,21,23,26H,2H2,1H3,(H,22,24,25). The average Bonchev–Trinajstić information content (AvgIpc) is 3.13. The molecule has 0 aliphatic heterocycles. The number of para-hydroxylation sites is 1. The Morgan fingerprint density at radius 2 is 2.07 bits per heavy atom. The molecular formula is C21H20N4O2. The van der Waals surface area contributed by atoms with Gasteiger partial charge in [-0.2, -0.15) is 0 Å². The summed E-state index contributed by atoms with van der Waals surface area (Å²) in [5, 5.41) is 14.7. The molecule has 1 unspecified atom stereocenters. The summed E-state index contributed by atoms with van der Waals surface area (Å²) in [5.41, 5.74) is 3.10. The van der Waals surface area contributed by atoms with Gasteiger partial charge in [0.1, 0.15) is 12.1 Å². The number of rotatable bonds is 6. The predicted molar refractivity (Wildman–Crippen MR) is 105 cm³/mol. The van der Waals surface area contributed by atoms with Crippen molar-refractivity contribution in [1.82, 2.24) is 15.0 Å². The van der Waals surface area contributed by atoms with Gasteiger partial charge in [0.05, 0.1) is 12.6 Å². The average molecular weight is 360 g/mol. The molecule has 0 saturated carbocycles. The van der Waals surface area contributed by atoms with Gasteiger partial charge in [0.2, 0.25) is 0 Å². The first-order valence-electron chi connectivity index (χ1n) is 8.80. The Kier molecular flexibility index (Phi) is 4.61. The van der Waals surface area contributed by atoms with E-state index in [4.69, 9.17) is 4.74 Å². The third kappa shape index (κ3) is 3.42. The van der Waals surface area contributed by atoms with Crippen molar-refractivity contribution in [2.75, 3.05) is 11.9 Å². The van der Waals surface area contributed by atoms with Crippen molar-refractivity contribution in [3.8, 4) is 11.5 Å². The molecule has 6 nitrogen and oxygen atoms in total. The number of phenolic OH excluding ortho intramolecular Hbond substituents is 1. The second-order valence-electron chi connectivity index (χ2n) is 6.12. The van der Waals surface area contributed by atoms with Crippen molar-refractivity contribution in [1.29, 1.82) is 0 Å². The molecule has 2 heterocycles. The number of benzene rings is 2. The van der Waals surface area contributed by atoms with Crippen molar-refractivity contribution in [3.05, 3.63) is 78.4 Å². The molecule has 27 heavy (non-hydrogen) atoms.